The minimum atomic E-state index is 0.610. The molecule has 0 heteroatoms. The lowest BCUT2D eigenvalue weighted by molar-refractivity contribution is -0.0945. The normalized spacial score (nSPS) is 48.8. The third kappa shape index (κ3) is 3.79. The van der Waals surface area contributed by atoms with Crippen LogP contribution in [-0.2, 0) is 0 Å². The zero-order chi connectivity index (χ0) is 26.1. The van der Waals surface area contributed by atoms with Gasteiger partial charge in [0.05, 0.1) is 0 Å². The third-order valence-corrected chi connectivity index (χ3v) is 14.4. The summed E-state index contributed by atoms with van der Waals surface area (Å²) in [5, 5.41) is 0. The lowest BCUT2D eigenvalue weighted by Crippen LogP contribution is -2.51. The van der Waals surface area contributed by atoms with E-state index in [1.165, 1.54) is 37.7 Å². The van der Waals surface area contributed by atoms with E-state index in [-0.39, 0.29) is 0 Å². The van der Waals surface area contributed by atoms with Crippen molar-refractivity contribution in [2.45, 2.75) is 145 Å². The molecule has 36 heavy (non-hydrogen) atoms. The van der Waals surface area contributed by atoms with Crippen LogP contribution in [0.3, 0.4) is 0 Å². The van der Waals surface area contributed by atoms with Gasteiger partial charge in [-0.3, -0.25) is 0 Å². The van der Waals surface area contributed by atoms with Gasteiger partial charge in [0.25, 0.3) is 0 Å². The second-order valence-corrected chi connectivity index (χ2v) is 16.1. The molecule has 0 radical (unpaired) electrons. The standard InChI is InChI=1S/C34H56.C2H6/c1-8-23(4)18-26(22(2)3)24-10-11-27-25(19-24)20-29-28-12-13-30-31(5,6)14-9-15-34(30)21-33(28,34)17-16-32(27,29)7;1-2/h22,24-30H,4,8-21H2,1-3,5-7H3;1-2H3. The fourth-order valence-corrected chi connectivity index (χ4v) is 12.8. The molecule has 0 N–H and O–H groups in total. The van der Waals surface area contributed by atoms with Crippen LogP contribution in [0.4, 0.5) is 0 Å². The highest BCUT2D eigenvalue weighted by molar-refractivity contribution is 5.28. The Morgan fingerprint density at radius 2 is 1.56 bits per heavy atom. The van der Waals surface area contributed by atoms with Crippen molar-refractivity contribution in [3.8, 4) is 0 Å². The first-order chi connectivity index (χ1) is 17.1. The van der Waals surface area contributed by atoms with Gasteiger partial charge >= 0.3 is 0 Å². The Morgan fingerprint density at radius 3 is 2.25 bits per heavy atom. The van der Waals surface area contributed by atoms with Gasteiger partial charge in [0, 0.05) is 0 Å². The average molecular weight is 495 g/mol. The molecule has 0 saturated heterocycles. The van der Waals surface area contributed by atoms with Crippen LogP contribution in [0.1, 0.15) is 145 Å². The van der Waals surface area contributed by atoms with Crippen molar-refractivity contribution in [2.24, 2.45) is 69.0 Å². The Balaban J connectivity index is 0.00000130. The number of hydrogen-bond acceptors (Lipinski definition) is 0. The first-order valence-corrected chi connectivity index (χ1v) is 16.7. The number of allylic oxidation sites excluding steroid dienone is 1. The van der Waals surface area contributed by atoms with Crippen LogP contribution in [-0.4, -0.2) is 0 Å². The van der Waals surface area contributed by atoms with Crippen molar-refractivity contribution in [1.82, 2.24) is 0 Å². The van der Waals surface area contributed by atoms with E-state index in [1.807, 2.05) is 13.8 Å². The zero-order valence-corrected chi connectivity index (χ0v) is 25.7. The van der Waals surface area contributed by atoms with E-state index in [2.05, 4.69) is 48.1 Å². The van der Waals surface area contributed by atoms with Crippen molar-refractivity contribution in [3.63, 3.8) is 0 Å². The van der Waals surface area contributed by atoms with Crippen LogP contribution in [0.15, 0.2) is 12.2 Å². The molecule has 0 aliphatic heterocycles. The number of hydrogen-bond donors (Lipinski definition) is 0. The molecule has 0 aromatic heterocycles. The highest BCUT2D eigenvalue weighted by atomic mass is 14.8. The molecule has 6 aliphatic rings. The lowest BCUT2D eigenvalue weighted by atomic mass is 9.46. The molecule has 6 rings (SSSR count). The molecule has 0 aromatic carbocycles. The summed E-state index contributed by atoms with van der Waals surface area (Å²) in [4.78, 5) is 0. The molecular formula is C36H62. The summed E-state index contributed by atoms with van der Waals surface area (Å²) in [7, 11) is 0. The summed E-state index contributed by atoms with van der Waals surface area (Å²) in [6, 6.07) is 0. The summed E-state index contributed by atoms with van der Waals surface area (Å²) in [5.41, 5.74) is 4.34. The molecule has 10 unspecified atom stereocenters. The first kappa shape index (κ1) is 27.3. The largest absolute Gasteiger partial charge is 0.0999 e. The Kier molecular flexibility index (Phi) is 7.16. The highest BCUT2D eigenvalue weighted by Gasteiger charge is 2.79. The molecule has 0 aromatic rings. The Bertz CT molecular complexity index is 818. The van der Waals surface area contributed by atoms with E-state index in [0.717, 1.165) is 58.2 Å². The molecule has 6 aliphatic carbocycles. The summed E-state index contributed by atoms with van der Waals surface area (Å²) in [5.74, 6) is 7.92. The molecule has 0 nitrogen and oxygen atoms in total. The molecule has 0 bridgehead atoms. The maximum Gasteiger partial charge on any atom is -0.0199 e. The molecule has 0 amide bonds. The van der Waals surface area contributed by atoms with E-state index in [0.29, 0.717) is 10.8 Å². The van der Waals surface area contributed by atoms with Crippen molar-refractivity contribution < 1.29 is 0 Å². The van der Waals surface area contributed by atoms with E-state index < -0.39 is 0 Å². The Labute approximate surface area is 226 Å². The van der Waals surface area contributed by atoms with Gasteiger partial charge in [-0.25, -0.2) is 0 Å². The molecule has 0 heterocycles. The second-order valence-electron chi connectivity index (χ2n) is 16.1. The number of rotatable bonds is 5. The molecule has 206 valence electrons. The lowest BCUT2D eigenvalue weighted by Gasteiger charge is -2.58. The van der Waals surface area contributed by atoms with Crippen molar-refractivity contribution >= 4 is 0 Å². The molecule has 6 fully saturated rings. The fourth-order valence-electron chi connectivity index (χ4n) is 12.8. The SMILES string of the molecule is C=C(CC)CC(C(C)C)C1CCC2C(C1)CC1C3CCC4C(C)(C)CCCC45CC35CCC21C.CC. The van der Waals surface area contributed by atoms with Crippen LogP contribution in [0, 0.1) is 69.0 Å². The van der Waals surface area contributed by atoms with Crippen molar-refractivity contribution in [2.75, 3.05) is 0 Å². The van der Waals surface area contributed by atoms with Crippen LogP contribution in [0.2, 0.25) is 0 Å². The van der Waals surface area contributed by atoms with E-state index >= 15 is 0 Å². The Hall–Kier alpha value is -0.260. The topological polar surface area (TPSA) is 0 Å². The van der Waals surface area contributed by atoms with Gasteiger partial charge in [0.2, 0.25) is 0 Å². The minimum Gasteiger partial charge on any atom is -0.0999 e. The maximum atomic E-state index is 4.43. The van der Waals surface area contributed by atoms with Gasteiger partial charge in [-0.2, -0.15) is 0 Å². The second kappa shape index (κ2) is 9.44. The van der Waals surface area contributed by atoms with Crippen molar-refractivity contribution in [1.29, 1.82) is 0 Å². The highest BCUT2D eigenvalue weighted by Crippen LogP contribution is 2.87. The van der Waals surface area contributed by atoms with Crippen LogP contribution >= 0.6 is 0 Å². The van der Waals surface area contributed by atoms with Gasteiger partial charge in [-0.1, -0.05) is 74.0 Å². The summed E-state index contributed by atoms with van der Waals surface area (Å²) < 4.78 is 0. The van der Waals surface area contributed by atoms with Crippen LogP contribution < -0.4 is 0 Å². The molecular weight excluding hydrogens is 432 g/mol. The predicted octanol–water partition coefficient (Wildman–Crippen LogP) is 11.1. The summed E-state index contributed by atoms with van der Waals surface area (Å²) in [6.07, 6.45) is 21.3. The van der Waals surface area contributed by atoms with Gasteiger partial charge < -0.3 is 0 Å². The monoisotopic (exact) mass is 494 g/mol. The quantitative estimate of drug-likeness (QED) is 0.333. The fraction of sp³-hybridized carbons (Fsp3) is 0.944. The summed E-state index contributed by atoms with van der Waals surface area (Å²) >= 11 is 0. The van der Waals surface area contributed by atoms with E-state index in [1.54, 1.807) is 57.8 Å². The molecule has 2 spiro atoms. The minimum absolute atomic E-state index is 0.610. The van der Waals surface area contributed by atoms with Crippen molar-refractivity contribution in [3.05, 3.63) is 12.2 Å². The zero-order valence-electron chi connectivity index (χ0n) is 25.7. The molecule has 10 atom stereocenters. The third-order valence-electron chi connectivity index (χ3n) is 14.4. The van der Waals surface area contributed by atoms with Crippen LogP contribution in [0.5, 0.6) is 0 Å². The molecule has 6 saturated carbocycles. The Morgan fingerprint density at radius 1 is 0.833 bits per heavy atom. The smallest absolute Gasteiger partial charge is 0.0199 e. The predicted molar refractivity (Wildman–Crippen MR) is 157 cm³/mol. The average Bonchev–Trinajstić information content (AvgIpc) is 3.42. The van der Waals surface area contributed by atoms with E-state index in [4.69, 9.17) is 0 Å². The van der Waals surface area contributed by atoms with E-state index in [9.17, 15) is 0 Å². The van der Waals surface area contributed by atoms with Gasteiger partial charge in [-0.15, -0.1) is 0 Å². The van der Waals surface area contributed by atoms with Crippen LogP contribution in [0.25, 0.3) is 0 Å². The van der Waals surface area contributed by atoms with Gasteiger partial charge in [-0.05, 0) is 152 Å². The number of fused-ring (bicyclic) bond motifs is 4. The van der Waals surface area contributed by atoms with Gasteiger partial charge in [0.15, 0.2) is 0 Å². The first-order valence-electron chi connectivity index (χ1n) is 16.7. The summed E-state index contributed by atoms with van der Waals surface area (Å²) in [6.45, 7) is 23.8. The maximum absolute atomic E-state index is 4.43. The van der Waals surface area contributed by atoms with Gasteiger partial charge in [0.1, 0.15) is 0 Å².